The van der Waals surface area contributed by atoms with Crippen LogP contribution in [0.4, 0.5) is 5.69 Å². The molecule has 3 heterocycles. The first kappa shape index (κ1) is 23.9. The van der Waals surface area contributed by atoms with Crippen LogP contribution in [0.1, 0.15) is 33.1 Å². The highest BCUT2D eigenvalue weighted by Gasteiger charge is 2.75. The van der Waals surface area contributed by atoms with E-state index >= 15 is 0 Å². The number of hydrogen-bond donors (Lipinski definition) is 3. The molecular weight excluding hydrogens is 442 g/mol. The lowest BCUT2D eigenvalue weighted by Gasteiger charge is -2.38. The summed E-state index contributed by atoms with van der Waals surface area (Å²) in [6.45, 7) is 4.88. The third-order valence-electron chi connectivity index (χ3n) is 7.26. The van der Waals surface area contributed by atoms with Crippen LogP contribution in [0.3, 0.4) is 0 Å². The van der Waals surface area contributed by atoms with Gasteiger partial charge in [-0.3, -0.25) is 14.4 Å². The zero-order chi connectivity index (χ0) is 23.8. The maximum atomic E-state index is 13.7. The number of fused-ring (bicyclic) bond motifs is 1. The number of likely N-dealkylation sites (tertiary alicyclic amines) is 1. The average Bonchev–Trinajstić information content (AvgIpc) is 3.40. The number of carbonyl (C=O) groups excluding carboxylic acids is 3. The number of aliphatic hydroxyl groups excluding tert-OH is 1. The van der Waals surface area contributed by atoms with E-state index in [1.807, 2.05) is 6.92 Å². The van der Waals surface area contributed by atoms with Gasteiger partial charge in [0.15, 0.2) is 0 Å². The third-order valence-corrected chi connectivity index (χ3v) is 9.34. The standard InChI is InChI=1S/C24H33N3O5S/c1-4-10-25-21(29)18-17-13-14(2)24(33-17)19(18)23(31)27(11-5-12-28)20(24)22(30)26-15-6-8-16(32-3)9-7-15/h6-9,14,17-20,28H,4-5,10-13H2,1-3H3,(H,25,29)(H,26,30)/t14?,17-,18+,19-,20?,24?/m0/s1. The van der Waals surface area contributed by atoms with Gasteiger partial charge in [-0.25, -0.2) is 0 Å². The van der Waals surface area contributed by atoms with Gasteiger partial charge in [0.05, 0.1) is 23.7 Å². The largest absolute Gasteiger partial charge is 0.497 e. The van der Waals surface area contributed by atoms with Crippen molar-refractivity contribution in [2.75, 3.05) is 32.1 Å². The minimum Gasteiger partial charge on any atom is -0.497 e. The Morgan fingerprint density at radius 2 is 2.00 bits per heavy atom. The SMILES string of the molecule is CCCNC(=O)[C@@H]1[C@@H]2CC(C)C3(S2)C(C(=O)Nc2ccc(OC)cc2)N(CCCO)C(=O)[C@H]13. The van der Waals surface area contributed by atoms with Crippen molar-refractivity contribution in [3.05, 3.63) is 24.3 Å². The summed E-state index contributed by atoms with van der Waals surface area (Å²) < 4.78 is 4.54. The molecule has 180 valence electrons. The van der Waals surface area contributed by atoms with E-state index in [4.69, 9.17) is 4.74 Å². The molecule has 3 saturated heterocycles. The predicted molar refractivity (Wildman–Crippen MR) is 127 cm³/mol. The van der Waals surface area contributed by atoms with Gasteiger partial charge in [0, 0.05) is 30.6 Å². The van der Waals surface area contributed by atoms with Crippen LogP contribution >= 0.6 is 11.8 Å². The minimum atomic E-state index is -0.697. The molecule has 3 fully saturated rings. The van der Waals surface area contributed by atoms with Crippen LogP contribution in [0, 0.1) is 17.8 Å². The molecule has 3 aliphatic heterocycles. The molecule has 4 rings (SSSR count). The van der Waals surface area contributed by atoms with E-state index < -0.39 is 22.6 Å². The number of nitrogens with one attached hydrogen (secondary N) is 2. The molecule has 0 aromatic heterocycles. The van der Waals surface area contributed by atoms with Crippen molar-refractivity contribution in [1.29, 1.82) is 0 Å². The van der Waals surface area contributed by atoms with Crippen molar-refractivity contribution in [3.63, 3.8) is 0 Å². The topological polar surface area (TPSA) is 108 Å². The molecule has 0 radical (unpaired) electrons. The summed E-state index contributed by atoms with van der Waals surface area (Å²) in [7, 11) is 1.58. The zero-order valence-corrected chi connectivity index (χ0v) is 20.2. The van der Waals surface area contributed by atoms with E-state index in [0.717, 1.165) is 12.8 Å². The Kier molecular flexibility index (Phi) is 6.91. The van der Waals surface area contributed by atoms with E-state index in [1.54, 1.807) is 48.0 Å². The molecule has 33 heavy (non-hydrogen) atoms. The van der Waals surface area contributed by atoms with Crippen molar-refractivity contribution in [2.24, 2.45) is 17.8 Å². The summed E-state index contributed by atoms with van der Waals surface area (Å²) >= 11 is 1.65. The molecule has 3 N–H and O–H groups in total. The first-order chi connectivity index (χ1) is 15.9. The molecule has 0 aliphatic carbocycles. The number of ether oxygens (including phenoxy) is 1. The van der Waals surface area contributed by atoms with Crippen LogP contribution in [0.25, 0.3) is 0 Å². The number of methoxy groups -OCH3 is 1. The first-order valence-electron chi connectivity index (χ1n) is 11.7. The number of thioether (sulfide) groups is 1. The molecule has 1 aromatic rings. The second-order valence-electron chi connectivity index (χ2n) is 9.17. The second kappa shape index (κ2) is 9.54. The highest BCUT2D eigenvalue weighted by atomic mass is 32.2. The monoisotopic (exact) mass is 475 g/mol. The molecule has 3 unspecified atom stereocenters. The van der Waals surface area contributed by atoms with Gasteiger partial charge in [0.25, 0.3) is 0 Å². The van der Waals surface area contributed by atoms with Crippen molar-refractivity contribution in [3.8, 4) is 5.75 Å². The van der Waals surface area contributed by atoms with Crippen molar-refractivity contribution < 1.29 is 24.2 Å². The summed E-state index contributed by atoms with van der Waals surface area (Å²) in [4.78, 5) is 42.1. The molecule has 2 bridgehead atoms. The van der Waals surface area contributed by atoms with Crippen LogP contribution in [0.2, 0.25) is 0 Å². The maximum Gasteiger partial charge on any atom is 0.248 e. The fourth-order valence-electron chi connectivity index (χ4n) is 5.85. The number of benzene rings is 1. The zero-order valence-electron chi connectivity index (χ0n) is 19.4. The van der Waals surface area contributed by atoms with E-state index in [9.17, 15) is 19.5 Å². The Bertz CT molecular complexity index is 910. The van der Waals surface area contributed by atoms with E-state index in [-0.39, 0.29) is 42.0 Å². The summed E-state index contributed by atoms with van der Waals surface area (Å²) in [6.07, 6.45) is 2.01. The molecule has 1 aromatic carbocycles. The Hall–Kier alpha value is -2.26. The normalized spacial score (nSPS) is 32.1. The molecule has 1 spiro atoms. The molecule has 9 heteroatoms. The van der Waals surface area contributed by atoms with Crippen LogP contribution in [0.5, 0.6) is 5.75 Å². The van der Waals surface area contributed by atoms with Gasteiger partial charge in [-0.15, -0.1) is 11.8 Å². The molecule has 0 saturated carbocycles. The second-order valence-corrected chi connectivity index (χ2v) is 10.7. The summed E-state index contributed by atoms with van der Waals surface area (Å²) in [5.74, 6) is -0.631. The first-order valence-corrected chi connectivity index (χ1v) is 12.6. The summed E-state index contributed by atoms with van der Waals surface area (Å²) in [6, 6.07) is 6.38. The fraction of sp³-hybridized carbons (Fsp3) is 0.625. The van der Waals surface area contributed by atoms with Crippen molar-refractivity contribution >= 4 is 35.2 Å². The number of amides is 3. The highest BCUT2D eigenvalue weighted by Crippen LogP contribution is 2.68. The molecular formula is C24H33N3O5S. The number of carbonyl (C=O) groups is 3. The van der Waals surface area contributed by atoms with Gasteiger partial charge in [0.2, 0.25) is 17.7 Å². The minimum absolute atomic E-state index is 0.0297. The van der Waals surface area contributed by atoms with Gasteiger partial charge in [-0.2, -0.15) is 0 Å². The smallest absolute Gasteiger partial charge is 0.248 e. The fourth-order valence-corrected chi connectivity index (χ4v) is 8.27. The number of nitrogens with zero attached hydrogens (tertiary/aromatic N) is 1. The Balaban J connectivity index is 1.67. The van der Waals surface area contributed by atoms with Gasteiger partial charge < -0.3 is 25.4 Å². The predicted octanol–water partition coefficient (Wildman–Crippen LogP) is 1.88. The quantitative estimate of drug-likeness (QED) is 0.503. The lowest BCUT2D eigenvalue weighted by molar-refractivity contribution is -0.139. The van der Waals surface area contributed by atoms with Gasteiger partial charge >= 0.3 is 0 Å². The van der Waals surface area contributed by atoms with Crippen LogP contribution in [-0.2, 0) is 14.4 Å². The third kappa shape index (κ3) is 3.89. The number of aliphatic hydroxyl groups is 1. The Morgan fingerprint density at radius 1 is 1.27 bits per heavy atom. The van der Waals surface area contributed by atoms with Gasteiger partial charge in [-0.05, 0) is 49.4 Å². The van der Waals surface area contributed by atoms with E-state index in [0.29, 0.717) is 24.4 Å². The lowest BCUT2D eigenvalue weighted by atomic mass is 9.66. The maximum absolute atomic E-state index is 13.7. The van der Waals surface area contributed by atoms with Crippen molar-refractivity contribution in [2.45, 2.75) is 49.1 Å². The number of anilines is 1. The van der Waals surface area contributed by atoms with Gasteiger partial charge in [0.1, 0.15) is 11.8 Å². The molecule has 6 atom stereocenters. The highest BCUT2D eigenvalue weighted by molar-refractivity contribution is 8.02. The number of rotatable bonds is 9. The number of hydrogen-bond acceptors (Lipinski definition) is 6. The van der Waals surface area contributed by atoms with E-state index in [1.165, 1.54) is 0 Å². The van der Waals surface area contributed by atoms with Gasteiger partial charge in [-0.1, -0.05) is 13.8 Å². The average molecular weight is 476 g/mol. The van der Waals surface area contributed by atoms with E-state index in [2.05, 4.69) is 17.6 Å². The molecule has 3 aliphatic rings. The Morgan fingerprint density at radius 3 is 2.64 bits per heavy atom. The Labute approximate surface area is 198 Å². The van der Waals surface area contributed by atoms with Crippen LogP contribution in [0.15, 0.2) is 24.3 Å². The van der Waals surface area contributed by atoms with Crippen LogP contribution < -0.4 is 15.4 Å². The summed E-state index contributed by atoms with van der Waals surface area (Å²) in [5, 5.41) is 15.4. The summed E-state index contributed by atoms with van der Waals surface area (Å²) in [5.41, 5.74) is 0.623. The van der Waals surface area contributed by atoms with Crippen LogP contribution in [-0.4, -0.2) is 70.6 Å². The molecule has 8 nitrogen and oxygen atoms in total. The van der Waals surface area contributed by atoms with Crippen molar-refractivity contribution in [1.82, 2.24) is 10.2 Å². The molecule has 3 amide bonds. The lowest BCUT2D eigenvalue weighted by Crippen LogP contribution is -2.55.